The highest BCUT2D eigenvalue weighted by Crippen LogP contribution is 2.38. The Kier molecular flexibility index (Phi) is 4.57. The van der Waals surface area contributed by atoms with Crippen LogP contribution in [0.1, 0.15) is 21.7 Å². The first-order valence-electron chi connectivity index (χ1n) is 8.94. The van der Waals surface area contributed by atoms with Crippen LogP contribution in [0.25, 0.3) is 10.2 Å². The number of primary amides is 1. The van der Waals surface area contributed by atoms with Crippen LogP contribution in [0.5, 0.6) is 0 Å². The van der Waals surface area contributed by atoms with Gasteiger partial charge in [-0.2, -0.15) is 0 Å². The fraction of sp³-hybridized carbons (Fsp3) is 0.316. The normalized spacial score (nSPS) is 15.1. The Labute approximate surface area is 161 Å². The molecular weight excluding hydrogens is 360 g/mol. The van der Waals surface area contributed by atoms with Gasteiger partial charge in [0.2, 0.25) is 0 Å². The maximum Gasteiger partial charge on any atom is 0.260 e. The lowest BCUT2D eigenvalue weighted by molar-refractivity contribution is 0.100. The molecule has 1 amide bonds. The number of carbonyl (C=O) groups is 1. The number of aromatic nitrogens is 2. The molecule has 4 heterocycles. The molecule has 3 aromatic rings. The number of amides is 1. The minimum Gasteiger partial charge on any atom is -0.397 e. The number of nitrogen functional groups attached to an aromatic ring is 1. The fourth-order valence-electron chi connectivity index (χ4n) is 3.51. The van der Waals surface area contributed by atoms with Gasteiger partial charge in [-0.15, -0.1) is 11.3 Å². The lowest BCUT2D eigenvalue weighted by Crippen LogP contribution is -2.31. The second-order valence-corrected chi connectivity index (χ2v) is 7.74. The molecule has 140 valence electrons. The van der Waals surface area contributed by atoms with Crippen molar-refractivity contribution >= 4 is 44.7 Å². The van der Waals surface area contributed by atoms with Crippen molar-refractivity contribution in [1.29, 1.82) is 0 Å². The average Bonchev–Trinajstić information content (AvgIpc) is 2.85. The molecule has 4 N–H and O–H groups in total. The van der Waals surface area contributed by atoms with E-state index in [1.807, 2.05) is 19.2 Å². The van der Waals surface area contributed by atoms with Gasteiger partial charge in [-0.3, -0.25) is 4.79 Å². The number of pyridine rings is 2. The highest BCUT2D eigenvalue weighted by molar-refractivity contribution is 7.21. The Hall–Kier alpha value is -2.87. The molecule has 3 aromatic heterocycles. The molecule has 27 heavy (non-hydrogen) atoms. The number of fused-ring (bicyclic) bond motifs is 1. The predicted octanol–water partition coefficient (Wildman–Crippen LogP) is 2.40. The van der Waals surface area contributed by atoms with E-state index in [-0.39, 0.29) is 0 Å². The number of hydrogen-bond acceptors (Lipinski definition) is 7. The summed E-state index contributed by atoms with van der Waals surface area (Å²) in [6.07, 6.45) is 4.68. The second-order valence-electron chi connectivity index (χ2n) is 6.74. The van der Waals surface area contributed by atoms with E-state index < -0.39 is 5.91 Å². The van der Waals surface area contributed by atoms with E-state index in [9.17, 15) is 4.79 Å². The van der Waals surface area contributed by atoms with Crippen LogP contribution in [0, 0.1) is 6.92 Å². The van der Waals surface area contributed by atoms with E-state index in [0.29, 0.717) is 10.6 Å². The van der Waals surface area contributed by atoms with Crippen LogP contribution in [0.3, 0.4) is 0 Å². The first kappa shape index (κ1) is 17.5. The third kappa shape index (κ3) is 3.28. The van der Waals surface area contributed by atoms with Crippen molar-refractivity contribution in [2.45, 2.75) is 13.3 Å². The molecule has 4 rings (SSSR count). The average molecular weight is 382 g/mol. The van der Waals surface area contributed by atoms with E-state index in [1.54, 1.807) is 6.20 Å². The van der Waals surface area contributed by atoms with Crippen molar-refractivity contribution in [2.75, 3.05) is 41.7 Å². The molecule has 0 unspecified atom stereocenters. The van der Waals surface area contributed by atoms with Crippen molar-refractivity contribution in [2.24, 2.45) is 5.73 Å². The number of anilines is 3. The van der Waals surface area contributed by atoms with Gasteiger partial charge in [0.1, 0.15) is 15.5 Å². The van der Waals surface area contributed by atoms with E-state index in [4.69, 9.17) is 11.5 Å². The van der Waals surface area contributed by atoms with Gasteiger partial charge in [0.05, 0.1) is 16.8 Å². The molecule has 1 fully saturated rings. The lowest BCUT2D eigenvalue weighted by atomic mass is 10.2. The molecule has 0 saturated carbocycles. The molecule has 1 aliphatic heterocycles. The van der Waals surface area contributed by atoms with Gasteiger partial charge in [-0.1, -0.05) is 6.07 Å². The Bertz CT molecular complexity index is 984. The SMILES string of the molecule is Cc1ccc(N2CCCN(c3ccnc4sc(C(N)=O)c(N)c34)CC2)nc1. The summed E-state index contributed by atoms with van der Waals surface area (Å²) in [5, 5.41) is 0.832. The summed E-state index contributed by atoms with van der Waals surface area (Å²) < 4.78 is 0. The van der Waals surface area contributed by atoms with Crippen molar-refractivity contribution < 1.29 is 4.79 Å². The standard InChI is InChI=1S/C19H22N6OS/c1-12-3-4-14(23-11-12)25-8-2-7-24(9-10-25)13-5-6-22-19-15(13)16(20)17(27-19)18(21)26/h3-6,11H,2,7-10,20H2,1H3,(H2,21,26). The smallest absolute Gasteiger partial charge is 0.260 e. The number of nitrogens with zero attached hydrogens (tertiary/aromatic N) is 4. The third-order valence-electron chi connectivity index (χ3n) is 4.89. The third-order valence-corrected chi connectivity index (χ3v) is 6.02. The number of hydrogen-bond donors (Lipinski definition) is 2. The van der Waals surface area contributed by atoms with E-state index in [2.05, 4.69) is 31.9 Å². The second kappa shape index (κ2) is 7.03. The van der Waals surface area contributed by atoms with Crippen LogP contribution in [0.2, 0.25) is 0 Å². The van der Waals surface area contributed by atoms with E-state index in [1.165, 1.54) is 11.3 Å². The Balaban J connectivity index is 1.63. The number of thiophene rings is 1. The summed E-state index contributed by atoms with van der Waals surface area (Å²) in [5.41, 5.74) is 14.3. The largest absolute Gasteiger partial charge is 0.397 e. The van der Waals surface area contributed by atoms with Gasteiger partial charge >= 0.3 is 0 Å². The zero-order valence-corrected chi connectivity index (χ0v) is 16.0. The lowest BCUT2D eigenvalue weighted by Gasteiger charge is -2.25. The van der Waals surface area contributed by atoms with Crippen LogP contribution in [-0.4, -0.2) is 42.1 Å². The minimum atomic E-state index is -0.506. The maximum atomic E-state index is 11.7. The van der Waals surface area contributed by atoms with Crippen LogP contribution in [0.15, 0.2) is 30.6 Å². The summed E-state index contributed by atoms with van der Waals surface area (Å²) in [6, 6.07) is 6.14. The van der Waals surface area contributed by atoms with Gasteiger partial charge in [0, 0.05) is 38.6 Å². The first-order chi connectivity index (χ1) is 13.0. The van der Waals surface area contributed by atoms with Gasteiger partial charge in [-0.25, -0.2) is 9.97 Å². The van der Waals surface area contributed by atoms with Crippen molar-refractivity contribution in [1.82, 2.24) is 9.97 Å². The highest BCUT2D eigenvalue weighted by atomic mass is 32.1. The summed E-state index contributed by atoms with van der Waals surface area (Å²) in [5.74, 6) is 0.502. The molecule has 0 bridgehead atoms. The number of nitrogens with two attached hydrogens (primary N) is 2. The van der Waals surface area contributed by atoms with Crippen molar-refractivity contribution in [3.05, 3.63) is 41.0 Å². The highest BCUT2D eigenvalue weighted by Gasteiger charge is 2.22. The summed E-state index contributed by atoms with van der Waals surface area (Å²) in [4.78, 5) is 26.3. The quantitative estimate of drug-likeness (QED) is 0.721. The summed E-state index contributed by atoms with van der Waals surface area (Å²) in [7, 11) is 0. The van der Waals surface area contributed by atoms with Gasteiger partial charge in [-0.05, 0) is 31.0 Å². The minimum absolute atomic E-state index is 0.380. The molecule has 1 saturated heterocycles. The van der Waals surface area contributed by atoms with Gasteiger partial charge in [0.15, 0.2) is 0 Å². The molecule has 0 aromatic carbocycles. The fourth-order valence-corrected chi connectivity index (χ4v) is 4.45. The van der Waals surface area contributed by atoms with E-state index in [0.717, 1.165) is 59.9 Å². The summed E-state index contributed by atoms with van der Waals surface area (Å²) in [6.45, 7) is 5.61. The zero-order valence-electron chi connectivity index (χ0n) is 15.2. The molecule has 0 spiro atoms. The van der Waals surface area contributed by atoms with Crippen LogP contribution in [-0.2, 0) is 0 Å². The Morgan fingerprint density at radius 3 is 2.63 bits per heavy atom. The first-order valence-corrected chi connectivity index (χ1v) is 9.75. The predicted molar refractivity (Wildman–Crippen MR) is 111 cm³/mol. The van der Waals surface area contributed by atoms with Crippen molar-refractivity contribution in [3.8, 4) is 0 Å². The van der Waals surface area contributed by atoms with Crippen LogP contribution < -0.4 is 21.3 Å². The number of aryl methyl sites for hydroxylation is 1. The van der Waals surface area contributed by atoms with Crippen LogP contribution in [0.4, 0.5) is 17.2 Å². The molecule has 0 radical (unpaired) electrons. The van der Waals surface area contributed by atoms with Gasteiger partial charge < -0.3 is 21.3 Å². The van der Waals surface area contributed by atoms with Crippen LogP contribution >= 0.6 is 11.3 Å². The monoisotopic (exact) mass is 382 g/mol. The molecule has 0 aliphatic carbocycles. The van der Waals surface area contributed by atoms with Gasteiger partial charge in [0.25, 0.3) is 5.91 Å². The zero-order chi connectivity index (χ0) is 19.0. The Morgan fingerprint density at radius 2 is 1.89 bits per heavy atom. The van der Waals surface area contributed by atoms with Crippen molar-refractivity contribution in [3.63, 3.8) is 0 Å². The molecule has 0 atom stereocenters. The summed E-state index contributed by atoms with van der Waals surface area (Å²) >= 11 is 1.26. The number of rotatable bonds is 3. The maximum absolute atomic E-state index is 11.7. The van der Waals surface area contributed by atoms with E-state index >= 15 is 0 Å². The molecule has 1 aliphatic rings. The Morgan fingerprint density at radius 1 is 1.11 bits per heavy atom. The number of carbonyl (C=O) groups excluding carboxylic acids is 1. The molecule has 7 nitrogen and oxygen atoms in total. The molecule has 8 heteroatoms. The topological polar surface area (TPSA) is 101 Å². The molecular formula is C19H22N6OS.